The number of rotatable bonds is 8. The highest BCUT2D eigenvalue weighted by atomic mass is 127. The maximum Gasteiger partial charge on any atom is 0.226 e. The minimum atomic E-state index is 0. The highest BCUT2D eigenvalue weighted by Crippen LogP contribution is 2.24. The molecule has 2 aromatic rings. The van der Waals surface area contributed by atoms with Crippen LogP contribution in [0.2, 0.25) is 0 Å². The van der Waals surface area contributed by atoms with Crippen molar-refractivity contribution in [2.75, 3.05) is 39.3 Å². The van der Waals surface area contributed by atoms with Gasteiger partial charge in [-0.2, -0.15) is 4.98 Å². The first kappa shape index (κ1) is 25.9. The third kappa shape index (κ3) is 6.89. The van der Waals surface area contributed by atoms with E-state index in [-0.39, 0.29) is 36.0 Å². The van der Waals surface area contributed by atoms with Crippen LogP contribution in [-0.4, -0.2) is 77.4 Å². The van der Waals surface area contributed by atoms with Gasteiger partial charge in [0, 0.05) is 51.6 Å². The Hall–Kier alpha value is -1.72. The average Bonchev–Trinajstić information content (AvgIpc) is 3.44. The Bertz CT molecular complexity index is 875. The van der Waals surface area contributed by atoms with E-state index >= 15 is 0 Å². The van der Waals surface area contributed by atoms with E-state index in [9.17, 15) is 0 Å². The van der Waals surface area contributed by atoms with E-state index in [1.54, 1.807) is 0 Å². The van der Waals surface area contributed by atoms with E-state index < -0.39 is 0 Å². The number of hydrogen-bond donors (Lipinski definition) is 1. The normalized spacial score (nSPS) is 21.2. The number of ether oxygens (including phenoxy) is 1. The van der Waals surface area contributed by atoms with Gasteiger partial charge in [-0.15, -0.1) is 24.0 Å². The smallest absolute Gasteiger partial charge is 0.226 e. The Morgan fingerprint density at radius 1 is 1.24 bits per heavy atom. The number of aromatic nitrogens is 2. The van der Waals surface area contributed by atoms with Crippen LogP contribution in [0.4, 0.5) is 0 Å². The third-order valence-corrected chi connectivity index (χ3v) is 6.09. The quantitative estimate of drug-likeness (QED) is 0.227. The maximum absolute atomic E-state index is 6.14. The number of hydrogen-bond acceptors (Lipinski definition) is 6. The number of morpholine rings is 1. The molecule has 1 aromatic carbocycles. The van der Waals surface area contributed by atoms with Crippen LogP contribution < -0.4 is 5.32 Å². The van der Waals surface area contributed by atoms with Crippen molar-refractivity contribution in [3.8, 4) is 0 Å². The van der Waals surface area contributed by atoms with Crippen molar-refractivity contribution in [2.45, 2.75) is 58.2 Å². The summed E-state index contributed by atoms with van der Waals surface area (Å²) in [4.78, 5) is 14.3. The highest BCUT2D eigenvalue weighted by molar-refractivity contribution is 14.0. The topological polar surface area (TPSA) is 79.0 Å². The van der Waals surface area contributed by atoms with Gasteiger partial charge < -0.3 is 19.5 Å². The van der Waals surface area contributed by atoms with Crippen LogP contribution in [0.5, 0.6) is 0 Å². The molecule has 2 aliphatic rings. The van der Waals surface area contributed by atoms with Crippen LogP contribution in [0.1, 0.15) is 50.4 Å². The third-order valence-electron chi connectivity index (χ3n) is 6.09. The molecule has 4 rings (SSSR count). The lowest BCUT2D eigenvalue weighted by Gasteiger charge is -2.36. The van der Waals surface area contributed by atoms with Crippen LogP contribution in [-0.2, 0) is 17.7 Å². The molecular formula is C24H37IN6O2. The van der Waals surface area contributed by atoms with Gasteiger partial charge in [0.2, 0.25) is 5.89 Å². The molecule has 33 heavy (non-hydrogen) atoms. The van der Waals surface area contributed by atoms with Crippen molar-refractivity contribution in [3.63, 3.8) is 0 Å². The molecule has 8 nitrogen and oxygen atoms in total. The summed E-state index contributed by atoms with van der Waals surface area (Å²) in [5.74, 6) is 2.73. The molecule has 0 amide bonds. The number of halogens is 1. The van der Waals surface area contributed by atoms with Gasteiger partial charge in [-0.1, -0.05) is 49.3 Å². The molecule has 9 heteroatoms. The molecule has 0 aliphatic carbocycles. The minimum Gasteiger partial charge on any atom is -0.373 e. The molecule has 0 saturated carbocycles. The number of likely N-dealkylation sites (tertiary alicyclic amines) is 1. The summed E-state index contributed by atoms with van der Waals surface area (Å²) in [5.41, 5.74) is 1.36. The molecule has 2 unspecified atom stereocenters. The van der Waals surface area contributed by atoms with Crippen LogP contribution in [0.25, 0.3) is 0 Å². The van der Waals surface area contributed by atoms with Crippen molar-refractivity contribution >= 4 is 29.9 Å². The average molecular weight is 569 g/mol. The van der Waals surface area contributed by atoms with E-state index in [0.29, 0.717) is 11.9 Å². The molecule has 0 spiro atoms. The number of nitrogens with one attached hydrogen (secondary N) is 1. The lowest BCUT2D eigenvalue weighted by molar-refractivity contribution is -0.0502. The Balaban J connectivity index is 0.00000306. The van der Waals surface area contributed by atoms with Crippen LogP contribution in [0.15, 0.2) is 39.8 Å². The van der Waals surface area contributed by atoms with Crippen molar-refractivity contribution in [1.29, 1.82) is 0 Å². The number of aliphatic imine (C=N–C) groups is 1. The van der Waals surface area contributed by atoms with Crippen molar-refractivity contribution in [1.82, 2.24) is 25.3 Å². The van der Waals surface area contributed by atoms with Gasteiger partial charge in [-0.3, -0.25) is 9.89 Å². The zero-order chi connectivity index (χ0) is 22.3. The zero-order valence-electron chi connectivity index (χ0n) is 19.9. The van der Waals surface area contributed by atoms with Gasteiger partial charge in [0.25, 0.3) is 0 Å². The standard InChI is InChI=1S/C24H36N6O2.HI/c1-4-25-24(26-12-8-11-22-27-23(18(2)3)28-32-22)30-16-20-21(17-30)31-14-13-29(20)15-19-9-6-5-7-10-19;/h5-7,9-10,18,20-21H,4,8,11-17H2,1-3H3,(H,25,26);1H. The molecule has 3 heterocycles. The van der Waals surface area contributed by atoms with E-state index in [1.165, 1.54) is 5.56 Å². The van der Waals surface area contributed by atoms with E-state index in [4.69, 9.17) is 14.3 Å². The van der Waals surface area contributed by atoms with E-state index in [2.05, 4.69) is 76.4 Å². The van der Waals surface area contributed by atoms with Gasteiger partial charge in [0.05, 0.1) is 18.8 Å². The summed E-state index contributed by atoms with van der Waals surface area (Å²) < 4.78 is 11.5. The minimum absolute atomic E-state index is 0. The molecule has 1 N–H and O–H groups in total. The van der Waals surface area contributed by atoms with Gasteiger partial charge in [-0.05, 0) is 18.9 Å². The predicted octanol–water partition coefficient (Wildman–Crippen LogP) is 3.29. The largest absolute Gasteiger partial charge is 0.373 e. The van der Waals surface area contributed by atoms with Gasteiger partial charge >= 0.3 is 0 Å². The second-order valence-electron chi connectivity index (χ2n) is 8.88. The Kier molecular flexibility index (Phi) is 9.94. The monoisotopic (exact) mass is 568 g/mol. The zero-order valence-corrected chi connectivity index (χ0v) is 22.3. The molecule has 0 bridgehead atoms. The number of benzene rings is 1. The summed E-state index contributed by atoms with van der Waals surface area (Å²) in [6, 6.07) is 11.1. The fraction of sp³-hybridized carbons (Fsp3) is 0.625. The summed E-state index contributed by atoms with van der Waals surface area (Å²) in [6.45, 7) is 12.4. The predicted molar refractivity (Wildman–Crippen MR) is 140 cm³/mol. The van der Waals surface area contributed by atoms with Crippen molar-refractivity contribution < 1.29 is 9.26 Å². The van der Waals surface area contributed by atoms with E-state index in [1.807, 2.05) is 0 Å². The molecule has 2 saturated heterocycles. The van der Waals surface area contributed by atoms with Gasteiger partial charge in [0.1, 0.15) is 0 Å². The number of fused-ring (bicyclic) bond motifs is 1. The first-order valence-corrected chi connectivity index (χ1v) is 11.9. The summed E-state index contributed by atoms with van der Waals surface area (Å²) in [6.07, 6.45) is 1.86. The number of guanidine groups is 1. The summed E-state index contributed by atoms with van der Waals surface area (Å²) >= 11 is 0. The number of aryl methyl sites for hydroxylation is 1. The summed E-state index contributed by atoms with van der Waals surface area (Å²) in [5, 5.41) is 7.51. The van der Waals surface area contributed by atoms with Crippen molar-refractivity contribution in [3.05, 3.63) is 47.6 Å². The molecule has 1 aromatic heterocycles. The first-order valence-electron chi connectivity index (χ1n) is 11.9. The van der Waals surface area contributed by atoms with Crippen LogP contribution in [0, 0.1) is 0 Å². The second kappa shape index (κ2) is 12.7. The lowest BCUT2D eigenvalue weighted by atomic mass is 10.1. The highest BCUT2D eigenvalue weighted by Gasteiger charge is 2.41. The fourth-order valence-electron chi connectivity index (χ4n) is 4.39. The second-order valence-corrected chi connectivity index (χ2v) is 8.88. The van der Waals surface area contributed by atoms with Crippen LogP contribution >= 0.6 is 24.0 Å². The molecule has 0 radical (unpaired) electrons. The fourth-order valence-corrected chi connectivity index (χ4v) is 4.39. The maximum atomic E-state index is 6.14. The lowest BCUT2D eigenvalue weighted by Crippen LogP contribution is -2.50. The van der Waals surface area contributed by atoms with E-state index in [0.717, 1.165) is 70.5 Å². The van der Waals surface area contributed by atoms with Gasteiger partial charge in [0.15, 0.2) is 11.8 Å². The summed E-state index contributed by atoms with van der Waals surface area (Å²) in [7, 11) is 0. The SMILES string of the molecule is CCNC(=NCCCc1nc(C(C)C)no1)N1CC2OCCN(Cc3ccccc3)C2C1.I. The molecule has 2 fully saturated rings. The molecule has 2 aliphatic heterocycles. The first-order chi connectivity index (χ1) is 15.6. The molecule has 182 valence electrons. The molecular weight excluding hydrogens is 531 g/mol. The number of nitrogens with zero attached hydrogens (tertiary/aromatic N) is 5. The Morgan fingerprint density at radius 2 is 2.06 bits per heavy atom. The Labute approximate surface area is 214 Å². The van der Waals surface area contributed by atoms with Crippen molar-refractivity contribution in [2.24, 2.45) is 4.99 Å². The van der Waals surface area contributed by atoms with Gasteiger partial charge in [-0.25, -0.2) is 0 Å². The molecule has 2 atom stereocenters. The van der Waals surface area contributed by atoms with Crippen LogP contribution in [0.3, 0.4) is 0 Å². The Morgan fingerprint density at radius 3 is 2.79 bits per heavy atom.